The van der Waals surface area contributed by atoms with E-state index in [2.05, 4.69) is 0 Å². The Bertz CT molecular complexity index is 1360. The van der Waals surface area contributed by atoms with E-state index in [1.54, 1.807) is 43.3 Å². The van der Waals surface area contributed by atoms with Crippen molar-refractivity contribution >= 4 is 29.1 Å². The number of aliphatic hydroxyl groups excluding tert-OH is 1. The molecule has 0 bridgehead atoms. The van der Waals surface area contributed by atoms with E-state index < -0.39 is 23.7 Å². The van der Waals surface area contributed by atoms with Gasteiger partial charge in [0.15, 0.2) is 0 Å². The Balaban J connectivity index is 1.84. The molecule has 0 spiro atoms. The van der Waals surface area contributed by atoms with Gasteiger partial charge in [-0.05, 0) is 67.4 Å². The molecule has 0 radical (unpaired) electrons. The zero-order chi connectivity index (χ0) is 26.5. The van der Waals surface area contributed by atoms with Gasteiger partial charge in [-0.15, -0.1) is 0 Å². The van der Waals surface area contributed by atoms with Crippen LogP contribution in [0.1, 0.15) is 47.8 Å². The summed E-state index contributed by atoms with van der Waals surface area (Å²) in [6.07, 6.45) is 0.799. The SMILES string of the molecule is CCCOc1cccc(/C(O)=C2\C(=O)C(=O)N(c3ccc(C(=O)OCC)cc3)C2c2cccc(O)c2)c1. The Morgan fingerprint density at radius 2 is 1.68 bits per heavy atom. The molecule has 0 saturated carbocycles. The summed E-state index contributed by atoms with van der Waals surface area (Å²) in [5.41, 5.74) is 1.24. The van der Waals surface area contributed by atoms with Crippen LogP contribution in [0.5, 0.6) is 11.5 Å². The Morgan fingerprint density at radius 1 is 0.946 bits per heavy atom. The number of nitrogens with zero attached hydrogens (tertiary/aromatic N) is 1. The molecule has 0 aromatic heterocycles. The van der Waals surface area contributed by atoms with Gasteiger partial charge in [-0.25, -0.2) is 4.79 Å². The first kappa shape index (κ1) is 25.5. The van der Waals surface area contributed by atoms with Crippen LogP contribution < -0.4 is 9.64 Å². The number of hydrogen-bond donors (Lipinski definition) is 2. The molecule has 1 fully saturated rings. The Kier molecular flexibility index (Phi) is 7.57. The molecule has 0 aliphatic carbocycles. The van der Waals surface area contributed by atoms with Crippen molar-refractivity contribution in [3.8, 4) is 11.5 Å². The zero-order valence-electron chi connectivity index (χ0n) is 20.5. The summed E-state index contributed by atoms with van der Waals surface area (Å²) in [5.74, 6) is -2.14. The van der Waals surface area contributed by atoms with Crippen LogP contribution in [0.3, 0.4) is 0 Å². The fraction of sp³-hybridized carbons (Fsp3) is 0.207. The van der Waals surface area contributed by atoms with Gasteiger partial charge in [-0.2, -0.15) is 0 Å². The van der Waals surface area contributed by atoms with Crippen molar-refractivity contribution in [2.75, 3.05) is 18.1 Å². The minimum Gasteiger partial charge on any atom is -0.508 e. The maximum Gasteiger partial charge on any atom is 0.338 e. The molecule has 1 unspecified atom stereocenters. The van der Waals surface area contributed by atoms with E-state index in [4.69, 9.17) is 9.47 Å². The van der Waals surface area contributed by atoms with Crippen molar-refractivity contribution < 1.29 is 34.1 Å². The van der Waals surface area contributed by atoms with Gasteiger partial charge in [-0.3, -0.25) is 14.5 Å². The van der Waals surface area contributed by atoms with Gasteiger partial charge in [0.2, 0.25) is 0 Å². The first-order chi connectivity index (χ1) is 17.8. The summed E-state index contributed by atoms with van der Waals surface area (Å²) in [6.45, 7) is 4.38. The fourth-order valence-corrected chi connectivity index (χ4v) is 4.19. The van der Waals surface area contributed by atoms with E-state index in [1.807, 2.05) is 6.92 Å². The number of ketones is 1. The molecule has 1 amide bonds. The van der Waals surface area contributed by atoms with Crippen LogP contribution >= 0.6 is 0 Å². The third-order valence-corrected chi connectivity index (χ3v) is 5.87. The Morgan fingerprint density at radius 3 is 2.35 bits per heavy atom. The summed E-state index contributed by atoms with van der Waals surface area (Å²) in [5, 5.41) is 21.4. The van der Waals surface area contributed by atoms with Crippen molar-refractivity contribution in [3.05, 3.63) is 95.1 Å². The molecule has 37 heavy (non-hydrogen) atoms. The molecule has 1 aliphatic heterocycles. The Hall–Kier alpha value is -4.59. The molecule has 1 atom stereocenters. The van der Waals surface area contributed by atoms with E-state index in [1.165, 1.54) is 41.3 Å². The van der Waals surface area contributed by atoms with Crippen LogP contribution in [0.2, 0.25) is 0 Å². The smallest absolute Gasteiger partial charge is 0.338 e. The maximum atomic E-state index is 13.3. The molecule has 8 heteroatoms. The number of benzene rings is 3. The van der Waals surface area contributed by atoms with Crippen LogP contribution in [-0.2, 0) is 14.3 Å². The van der Waals surface area contributed by atoms with E-state index in [0.29, 0.717) is 34.7 Å². The summed E-state index contributed by atoms with van der Waals surface area (Å²) < 4.78 is 10.7. The second-order valence-electron chi connectivity index (χ2n) is 8.41. The number of amides is 1. The van der Waals surface area contributed by atoms with E-state index in [9.17, 15) is 24.6 Å². The quantitative estimate of drug-likeness (QED) is 0.194. The molecule has 1 heterocycles. The topological polar surface area (TPSA) is 113 Å². The van der Waals surface area contributed by atoms with Gasteiger partial charge >= 0.3 is 5.97 Å². The second kappa shape index (κ2) is 11.0. The number of ether oxygens (including phenoxy) is 2. The van der Waals surface area contributed by atoms with Gasteiger partial charge in [-0.1, -0.05) is 31.2 Å². The van der Waals surface area contributed by atoms with E-state index in [0.717, 1.165) is 6.42 Å². The predicted octanol–water partition coefficient (Wildman–Crippen LogP) is 4.98. The third-order valence-electron chi connectivity index (χ3n) is 5.87. The fourth-order valence-electron chi connectivity index (χ4n) is 4.19. The number of Topliss-reactive ketones (excluding diaryl/α,β-unsaturated/α-hetero) is 1. The molecular weight excluding hydrogens is 474 g/mol. The molecule has 1 saturated heterocycles. The highest BCUT2D eigenvalue weighted by Gasteiger charge is 2.47. The Labute approximate surface area is 214 Å². The standard InChI is InChI=1S/C29H27NO7/c1-3-15-37-23-10-6-8-20(17-23)26(32)24-25(19-7-5-9-22(31)16-19)30(28(34)27(24)33)21-13-11-18(12-14-21)29(35)36-4-2/h5-14,16-17,25,31-32H,3-4,15H2,1-2H3/b26-24+. The molecular formula is C29H27NO7. The number of phenolic OH excluding ortho intramolecular Hbond substituents is 1. The minimum absolute atomic E-state index is 0.0595. The number of anilines is 1. The van der Waals surface area contributed by atoms with Crippen LogP contribution in [-0.4, -0.2) is 41.1 Å². The monoisotopic (exact) mass is 501 g/mol. The highest BCUT2D eigenvalue weighted by Crippen LogP contribution is 2.43. The van der Waals surface area contributed by atoms with Gasteiger partial charge in [0.25, 0.3) is 11.7 Å². The van der Waals surface area contributed by atoms with Gasteiger partial charge in [0.1, 0.15) is 17.3 Å². The van der Waals surface area contributed by atoms with Crippen LogP contribution in [0.4, 0.5) is 5.69 Å². The summed E-state index contributed by atoms with van der Waals surface area (Å²) in [4.78, 5) is 39.9. The van der Waals surface area contributed by atoms with E-state index in [-0.39, 0.29) is 23.7 Å². The number of carbonyl (C=O) groups excluding carboxylic acids is 3. The third kappa shape index (κ3) is 5.18. The van der Waals surface area contributed by atoms with Gasteiger partial charge in [0.05, 0.1) is 30.4 Å². The molecule has 2 N–H and O–H groups in total. The average Bonchev–Trinajstić information content (AvgIpc) is 3.17. The normalized spacial score (nSPS) is 16.6. The number of phenols is 1. The number of esters is 1. The maximum absolute atomic E-state index is 13.3. The van der Waals surface area contributed by atoms with Crippen LogP contribution in [0, 0.1) is 0 Å². The number of aromatic hydroxyl groups is 1. The lowest BCUT2D eigenvalue weighted by molar-refractivity contribution is -0.132. The number of carbonyl (C=O) groups is 3. The summed E-state index contributed by atoms with van der Waals surface area (Å²) in [7, 11) is 0. The highest BCUT2D eigenvalue weighted by molar-refractivity contribution is 6.51. The predicted molar refractivity (Wildman–Crippen MR) is 138 cm³/mol. The molecule has 3 aromatic carbocycles. The number of rotatable bonds is 8. The van der Waals surface area contributed by atoms with Gasteiger partial charge < -0.3 is 19.7 Å². The first-order valence-corrected chi connectivity index (χ1v) is 12.0. The lowest BCUT2D eigenvalue weighted by Gasteiger charge is -2.25. The van der Waals surface area contributed by atoms with Crippen LogP contribution in [0.25, 0.3) is 5.76 Å². The number of hydrogen-bond acceptors (Lipinski definition) is 7. The van der Waals surface area contributed by atoms with Crippen molar-refractivity contribution in [2.45, 2.75) is 26.3 Å². The van der Waals surface area contributed by atoms with Crippen molar-refractivity contribution in [1.82, 2.24) is 0 Å². The summed E-state index contributed by atoms with van der Waals surface area (Å²) >= 11 is 0. The summed E-state index contributed by atoms with van der Waals surface area (Å²) in [6, 6.07) is 17.8. The van der Waals surface area contributed by atoms with E-state index >= 15 is 0 Å². The van der Waals surface area contributed by atoms with Crippen molar-refractivity contribution in [1.29, 1.82) is 0 Å². The average molecular weight is 502 g/mol. The highest BCUT2D eigenvalue weighted by atomic mass is 16.5. The minimum atomic E-state index is -1.03. The molecule has 4 rings (SSSR count). The molecule has 8 nitrogen and oxygen atoms in total. The van der Waals surface area contributed by atoms with Crippen molar-refractivity contribution in [2.24, 2.45) is 0 Å². The molecule has 190 valence electrons. The van der Waals surface area contributed by atoms with Crippen molar-refractivity contribution in [3.63, 3.8) is 0 Å². The lowest BCUT2D eigenvalue weighted by Crippen LogP contribution is -2.29. The number of aliphatic hydroxyl groups is 1. The van der Waals surface area contributed by atoms with Crippen LogP contribution in [0.15, 0.2) is 78.4 Å². The molecule has 1 aliphatic rings. The lowest BCUT2D eigenvalue weighted by atomic mass is 9.95. The first-order valence-electron chi connectivity index (χ1n) is 12.0. The van der Waals surface area contributed by atoms with Gasteiger partial charge in [0, 0.05) is 11.3 Å². The second-order valence-corrected chi connectivity index (χ2v) is 8.41. The zero-order valence-corrected chi connectivity index (χ0v) is 20.5. The largest absolute Gasteiger partial charge is 0.508 e. The molecule has 3 aromatic rings.